The molecule has 0 fully saturated rings. The predicted octanol–water partition coefficient (Wildman–Crippen LogP) is 5.08. The molecule has 0 bridgehead atoms. The van der Waals surface area contributed by atoms with Gasteiger partial charge in [0.05, 0.1) is 28.9 Å². The van der Waals surface area contributed by atoms with E-state index in [2.05, 4.69) is 45.6 Å². The highest BCUT2D eigenvalue weighted by Gasteiger charge is 2.20. The molecule has 0 atom stereocenters. The van der Waals surface area contributed by atoms with E-state index in [1.54, 1.807) is 30.1 Å². The number of nitro benzene ring substituents is 1. The van der Waals surface area contributed by atoms with Crippen molar-refractivity contribution in [2.75, 3.05) is 0 Å². The number of thioether (sulfide) groups is 1. The second kappa shape index (κ2) is 9.90. The van der Waals surface area contributed by atoms with Gasteiger partial charge < -0.3 is 0 Å². The zero-order valence-corrected chi connectivity index (χ0v) is 19.7. The molecular formula is C25H21N7O2S. The molecule has 174 valence electrons. The summed E-state index contributed by atoms with van der Waals surface area (Å²) in [7, 11) is 0. The minimum absolute atomic E-state index is 0.0460. The maximum atomic E-state index is 10.9. The van der Waals surface area contributed by atoms with Gasteiger partial charge >= 0.3 is 0 Å². The Bertz CT molecular complexity index is 1460. The van der Waals surface area contributed by atoms with E-state index in [1.807, 2.05) is 41.1 Å². The van der Waals surface area contributed by atoms with E-state index < -0.39 is 4.92 Å². The molecule has 0 unspecified atom stereocenters. The first kappa shape index (κ1) is 22.5. The average molecular weight is 484 g/mol. The van der Waals surface area contributed by atoms with Crippen LogP contribution in [0, 0.1) is 17.0 Å². The summed E-state index contributed by atoms with van der Waals surface area (Å²) in [5.41, 5.74) is 4.99. The minimum Gasteiger partial charge on any atom is -0.258 e. The first-order chi connectivity index (χ1) is 17.1. The van der Waals surface area contributed by atoms with E-state index >= 15 is 0 Å². The number of non-ortho nitro benzene ring substituents is 1. The van der Waals surface area contributed by atoms with Crippen LogP contribution in [0.4, 0.5) is 5.69 Å². The highest BCUT2D eigenvalue weighted by atomic mass is 32.2. The number of aryl methyl sites for hydroxylation is 1. The molecule has 3 aromatic carbocycles. The zero-order chi connectivity index (χ0) is 24.2. The smallest absolute Gasteiger partial charge is 0.258 e. The van der Waals surface area contributed by atoms with Gasteiger partial charge in [-0.15, -0.1) is 22.0 Å². The topological polar surface area (TPSA) is 105 Å². The summed E-state index contributed by atoms with van der Waals surface area (Å²) in [5, 5.41) is 29.5. The summed E-state index contributed by atoms with van der Waals surface area (Å²) in [4.78, 5) is 11.9. The largest absolute Gasteiger partial charge is 0.269 e. The third-order valence-electron chi connectivity index (χ3n) is 5.45. The molecule has 5 rings (SSSR count). The first-order valence-electron chi connectivity index (χ1n) is 10.9. The van der Waals surface area contributed by atoms with Crippen molar-refractivity contribution in [3.05, 3.63) is 112 Å². The van der Waals surface area contributed by atoms with Gasteiger partial charge in [-0.25, -0.2) is 4.68 Å². The van der Waals surface area contributed by atoms with Gasteiger partial charge in [-0.05, 0) is 34.9 Å². The lowest BCUT2D eigenvalue weighted by Gasteiger charge is -2.11. The van der Waals surface area contributed by atoms with E-state index in [-0.39, 0.29) is 5.69 Å². The van der Waals surface area contributed by atoms with Gasteiger partial charge in [0.1, 0.15) is 5.03 Å². The monoisotopic (exact) mass is 483 g/mol. The molecule has 2 heterocycles. The van der Waals surface area contributed by atoms with Crippen LogP contribution < -0.4 is 0 Å². The zero-order valence-electron chi connectivity index (χ0n) is 18.9. The Kier molecular flexibility index (Phi) is 6.36. The number of tetrazole rings is 1. The lowest BCUT2D eigenvalue weighted by Crippen LogP contribution is -2.04. The van der Waals surface area contributed by atoms with Crippen molar-refractivity contribution in [2.45, 2.75) is 24.2 Å². The minimum atomic E-state index is -0.420. The second-order valence-electron chi connectivity index (χ2n) is 7.90. The molecule has 0 amide bonds. The lowest BCUT2D eigenvalue weighted by atomic mass is 10.2. The van der Waals surface area contributed by atoms with Crippen LogP contribution in [-0.2, 0) is 12.3 Å². The fourth-order valence-corrected chi connectivity index (χ4v) is 4.70. The number of rotatable bonds is 8. The molecule has 0 aliphatic carbocycles. The van der Waals surface area contributed by atoms with Crippen LogP contribution in [0.5, 0.6) is 0 Å². The molecule has 0 saturated heterocycles. The van der Waals surface area contributed by atoms with E-state index in [9.17, 15) is 10.1 Å². The van der Waals surface area contributed by atoms with Gasteiger partial charge in [0.15, 0.2) is 0 Å². The van der Waals surface area contributed by atoms with Crippen molar-refractivity contribution in [1.29, 1.82) is 0 Å². The number of para-hydroxylation sites is 1. The summed E-state index contributed by atoms with van der Waals surface area (Å²) in [6.45, 7) is 2.41. The van der Waals surface area contributed by atoms with Crippen molar-refractivity contribution in [1.82, 2.24) is 30.0 Å². The maximum Gasteiger partial charge on any atom is 0.269 e. The van der Waals surface area contributed by atoms with E-state index in [0.29, 0.717) is 12.4 Å². The fourth-order valence-electron chi connectivity index (χ4n) is 3.63. The molecule has 5 aromatic rings. The molecule has 0 aliphatic heterocycles. The Morgan fingerprint density at radius 3 is 2.43 bits per heavy atom. The number of benzene rings is 3. The highest BCUT2D eigenvalue weighted by Crippen LogP contribution is 2.34. The number of aromatic nitrogens is 6. The van der Waals surface area contributed by atoms with Crippen LogP contribution in [0.2, 0.25) is 0 Å². The Labute approximate surface area is 205 Å². The van der Waals surface area contributed by atoms with Crippen molar-refractivity contribution >= 4 is 17.4 Å². The van der Waals surface area contributed by atoms with Gasteiger partial charge in [-0.3, -0.25) is 10.1 Å². The molecular weight excluding hydrogens is 462 g/mol. The summed E-state index contributed by atoms with van der Waals surface area (Å²) in [6.07, 6.45) is 1.77. The fraction of sp³-hybridized carbons (Fsp3) is 0.120. The molecule has 0 spiro atoms. The van der Waals surface area contributed by atoms with Gasteiger partial charge in [0.2, 0.25) is 5.82 Å². The van der Waals surface area contributed by atoms with Crippen LogP contribution in [0.25, 0.3) is 17.1 Å². The average Bonchev–Trinajstić information content (AvgIpc) is 3.51. The Morgan fingerprint density at radius 1 is 0.943 bits per heavy atom. The first-order valence-corrected chi connectivity index (χ1v) is 11.9. The normalized spacial score (nSPS) is 11.0. The van der Waals surface area contributed by atoms with Crippen LogP contribution in [0.1, 0.15) is 16.7 Å². The lowest BCUT2D eigenvalue weighted by molar-refractivity contribution is -0.384. The third kappa shape index (κ3) is 4.97. The third-order valence-corrected chi connectivity index (χ3v) is 6.60. The van der Waals surface area contributed by atoms with E-state index in [0.717, 1.165) is 33.2 Å². The summed E-state index contributed by atoms with van der Waals surface area (Å²) in [6, 6.07) is 24.7. The maximum absolute atomic E-state index is 10.9. The standard InChI is InChI=1S/C25H21N7O2S/c1-18-7-5-6-10-23(18)31-25(35-17-20-8-3-2-4-9-20)22(15-26-31)24-27-29-30(28-24)16-19-11-13-21(14-12-19)32(33)34/h2-15H,16-17H2,1H3. The molecule has 10 heteroatoms. The van der Waals surface area contributed by atoms with Crippen LogP contribution in [0.15, 0.2) is 90.1 Å². The highest BCUT2D eigenvalue weighted by molar-refractivity contribution is 7.98. The van der Waals surface area contributed by atoms with E-state index in [1.165, 1.54) is 22.5 Å². The summed E-state index contributed by atoms with van der Waals surface area (Å²) in [5.74, 6) is 1.24. The number of nitro groups is 1. The van der Waals surface area contributed by atoms with Gasteiger partial charge in [0, 0.05) is 17.9 Å². The SMILES string of the molecule is Cc1ccccc1-n1ncc(-c2nnn(Cc3ccc([N+](=O)[O-])cc3)n2)c1SCc1ccccc1. The van der Waals surface area contributed by atoms with Crippen LogP contribution in [-0.4, -0.2) is 34.9 Å². The molecule has 0 N–H and O–H groups in total. The Hall–Kier alpha value is -4.31. The molecule has 35 heavy (non-hydrogen) atoms. The van der Waals surface area contributed by atoms with Gasteiger partial charge in [-0.2, -0.15) is 9.90 Å². The molecule has 0 aliphatic rings. The number of hydrogen-bond donors (Lipinski definition) is 0. The Morgan fingerprint density at radius 2 is 1.69 bits per heavy atom. The van der Waals surface area contributed by atoms with Gasteiger partial charge in [-0.1, -0.05) is 60.7 Å². The van der Waals surface area contributed by atoms with E-state index in [4.69, 9.17) is 0 Å². The second-order valence-corrected chi connectivity index (χ2v) is 8.87. The van der Waals surface area contributed by atoms with Gasteiger partial charge in [0.25, 0.3) is 5.69 Å². The van der Waals surface area contributed by atoms with Crippen molar-refractivity contribution in [3.8, 4) is 17.1 Å². The number of nitrogens with zero attached hydrogens (tertiary/aromatic N) is 7. The summed E-state index contributed by atoms with van der Waals surface area (Å²) < 4.78 is 1.93. The van der Waals surface area contributed by atoms with Crippen LogP contribution >= 0.6 is 11.8 Å². The predicted molar refractivity (Wildman–Crippen MR) is 133 cm³/mol. The van der Waals surface area contributed by atoms with Crippen LogP contribution in [0.3, 0.4) is 0 Å². The Balaban J connectivity index is 1.45. The molecule has 0 radical (unpaired) electrons. The van der Waals surface area contributed by atoms with Crippen molar-refractivity contribution in [2.24, 2.45) is 0 Å². The molecule has 0 saturated carbocycles. The van der Waals surface area contributed by atoms with Crippen molar-refractivity contribution < 1.29 is 4.92 Å². The quantitative estimate of drug-likeness (QED) is 0.172. The molecule has 2 aromatic heterocycles. The number of hydrogen-bond acceptors (Lipinski definition) is 7. The van der Waals surface area contributed by atoms with Crippen molar-refractivity contribution in [3.63, 3.8) is 0 Å². The molecule has 9 nitrogen and oxygen atoms in total. The summed E-state index contributed by atoms with van der Waals surface area (Å²) >= 11 is 1.67.